The van der Waals surface area contributed by atoms with Crippen molar-refractivity contribution in [3.8, 4) is 0 Å². The molecular weight excluding hydrogens is 356 g/mol. The Hall–Kier alpha value is -2.70. The van der Waals surface area contributed by atoms with Gasteiger partial charge >= 0.3 is 0 Å². The van der Waals surface area contributed by atoms with Gasteiger partial charge in [-0.25, -0.2) is 0 Å². The number of likely N-dealkylation sites (tertiary alicyclic amines) is 1. The normalized spacial score (nSPS) is 18.2. The maximum absolute atomic E-state index is 13.1. The number of ether oxygens (including phenoxy) is 2. The van der Waals surface area contributed by atoms with Crippen molar-refractivity contribution in [1.29, 1.82) is 0 Å². The number of carbonyl (C=O) groups excluding carboxylic acids is 2. The first-order chi connectivity index (χ1) is 13.7. The summed E-state index contributed by atoms with van der Waals surface area (Å²) in [4.78, 5) is 27.4. The molecule has 2 heterocycles. The largest absolute Gasteiger partial charge is 0.350 e. The fourth-order valence-corrected chi connectivity index (χ4v) is 3.76. The van der Waals surface area contributed by atoms with Gasteiger partial charge in [0.1, 0.15) is 0 Å². The number of hydrogen-bond acceptors (Lipinski definition) is 4. The lowest BCUT2D eigenvalue weighted by Gasteiger charge is -2.34. The second-order valence-corrected chi connectivity index (χ2v) is 7.11. The van der Waals surface area contributed by atoms with Crippen LogP contribution in [0.1, 0.15) is 33.6 Å². The topological polar surface area (TPSA) is 67.9 Å². The Bertz CT molecular complexity index is 825. The molecule has 0 bridgehead atoms. The molecule has 2 amide bonds. The molecule has 6 heteroatoms. The van der Waals surface area contributed by atoms with E-state index in [1.54, 1.807) is 24.3 Å². The molecule has 2 aromatic carbocycles. The predicted molar refractivity (Wildman–Crippen MR) is 105 cm³/mol. The Morgan fingerprint density at radius 2 is 1.54 bits per heavy atom. The molecule has 0 radical (unpaired) electrons. The molecule has 0 aromatic heterocycles. The average molecular weight is 380 g/mol. The summed E-state index contributed by atoms with van der Waals surface area (Å²) in [6, 6.07) is 16.1. The molecule has 2 aliphatic rings. The van der Waals surface area contributed by atoms with Crippen molar-refractivity contribution in [2.75, 3.05) is 31.6 Å². The highest BCUT2D eigenvalue weighted by Gasteiger charge is 2.32. The van der Waals surface area contributed by atoms with Crippen LogP contribution in [0, 0.1) is 5.92 Å². The van der Waals surface area contributed by atoms with Crippen molar-refractivity contribution >= 4 is 17.5 Å². The quantitative estimate of drug-likeness (QED) is 0.885. The van der Waals surface area contributed by atoms with Gasteiger partial charge in [0.25, 0.3) is 11.8 Å². The van der Waals surface area contributed by atoms with Gasteiger partial charge in [0.05, 0.1) is 24.5 Å². The number of piperidine rings is 1. The average Bonchev–Trinajstić information content (AvgIpc) is 3.29. The summed E-state index contributed by atoms with van der Waals surface area (Å²) in [7, 11) is 0. The van der Waals surface area contributed by atoms with Crippen LogP contribution in [0.3, 0.4) is 0 Å². The van der Waals surface area contributed by atoms with E-state index in [0.717, 1.165) is 12.8 Å². The van der Waals surface area contributed by atoms with E-state index in [9.17, 15) is 9.59 Å². The summed E-state index contributed by atoms with van der Waals surface area (Å²) >= 11 is 0. The number of nitrogens with zero attached hydrogens (tertiary/aromatic N) is 1. The predicted octanol–water partition coefficient (Wildman–Crippen LogP) is 3.16. The zero-order valence-electron chi connectivity index (χ0n) is 15.7. The lowest BCUT2D eigenvalue weighted by atomic mass is 9.95. The van der Waals surface area contributed by atoms with E-state index < -0.39 is 0 Å². The van der Waals surface area contributed by atoms with E-state index in [1.165, 1.54) is 0 Å². The zero-order chi connectivity index (χ0) is 19.3. The minimum Gasteiger partial charge on any atom is -0.350 e. The molecule has 2 fully saturated rings. The van der Waals surface area contributed by atoms with Crippen LogP contribution in [-0.2, 0) is 9.47 Å². The number of rotatable bonds is 4. The van der Waals surface area contributed by atoms with Gasteiger partial charge in [-0.1, -0.05) is 30.3 Å². The summed E-state index contributed by atoms with van der Waals surface area (Å²) in [6.45, 7) is 2.62. The molecule has 4 rings (SSSR count). The Morgan fingerprint density at radius 1 is 0.893 bits per heavy atom. The minimum atomic E-state index is -0.227. The van der Waals surface area contributed by atoms with Gasteiger partial charge in [-0.3, -0.25) is 9.59 Å². The van der Waals surface area contributed by atoms with Crippen molar-refractivity contribution < 1.29 is 19.1 Å². The van der Waals surface area contributed by atoms with E-state index >= 15 is 0 Å². The van der Waals surface area contributed by atoms with Crippen molar-refractivity contribution in [3.63, 3.8) is 0 Å². The second-order valence-electron chi connectivity index (χ2n) is 7.11. The van der Waals surface area contributed by atoms with Crippen LogP contribution in [-0.4, -0.2) is 49.3 Å². The van der Waals surface area contributed by atoms with E-state index in [0.29, 0.717) is 49.0 Å². The van der Waals surface area contributed by atoms with Crippen molar-refractivity contribution in [3.05, 3.63) is 65.7 Å². The van der Waals surface area contributed by atoms with Gasteiger partial charge in [-0.05, 0) is 37.1 Å². The number of hydrogen-bond donors (Lipinski definition) is 1. The SMILES string of the molecule is O=C(Nc1ccccc1C(=O)N1CCC(C2OCCO2)CC1)c1ccccc1. The molecular formula is C22H24N2O4. The van der Waals surface area contributed by atoms with Gasteiger partial charge in [0, 0.05) is 24.6 Å². The third kappa shape index (κ3) is 4.08. The molecule has 0 saturated carbocycles. The third-order valence-corrected chi connectivity index (χ3v) is 5.30. The molecule has 0 unspecified atom stereocenters. The maximum atomic E-state index is 13.1. The number of benzene rings is 2. The smallest absolute Gasteiger partial charge is 0.255 e. The Labute approximate surface area is 164 Å². The first-order valence-corrected chi connectivity index (χ1v) is 9.70. The fourth-order valence-electron chi connectivity index (χ4n) is 3.76. The van der Waals surface area contributed by atoms with Crippen LogP contribution in [0.25, 0.3) is 0 Å². The number of nitrogens with one attached hydrogen (secondary N) is 1. The standard InChI is InChI=1S/C22H24N2O4/c25-20(16-6-2-1-3-7-16)23-19-9-5-4-8-18(19)21(26)24-12-10-17(11-13-24)22-27-14-15-28-22/h1-9,17,22H,10-15H2,(H,23,25). The van der Waals surface area contributed by atoms with Gasteiger partial charge in [0.2, 0.25) is 0 Å². The number of carbonyl (C=O) groups is 2. The molecule has 2 saturated heterocycles. The lowest BCUT2D eigenvalue weighted by Crippen LogP contribution is -2.41. The Morgan fingerprint density at radius 3 is 2.25 bits per heavy atom. The zero-order valence-corrected chi connectivity index (χ0v) is 15.7. The van der Waals surface area contributed by atoms with E-state index in [1.807, 2.05) is 35.2 Å². The van der Waals surface area contributed by atoms with Crippen LogP contribution in [0.5, 0.6) is 0 Å². The first-order valence-electron chi connectivity index (χ1n) is 9.70. The van der Waals surface area contributed by atoms with Gasteiger partial charge in [0.15, 0.2) is 6.29 Å². The molecule has 2 aromatic rings. The third-order valence-electron chi connectivity index (χ3n) is 5.30. The van der Waals surface area contributed by atoms with Crippen LogP contribution < -0.4 is 5.32 Å². The summed E-state index contributed by atoms with van der Waals surface area (Å²) in [5.74, 6) is 0.0466. The van der Waals surface area contributed by atoms with E-state index in [-0.39, 0.29) is 18.1 Å². The molecule has 0 aliphatic carbocycles. The number of anilines is 1. The highest BCUT2D eigenvalue weighted by molar-refractivity contribution is 6.09. The van der Waals surface area contributed by atoms with E-state index in [2.05, 4.69) is 5.32 Å². The van der Waals surface area contributed by atoms with Gasteiger partial charge < -0.3 is 19.7 Å². The molecule has 146 valence electrons. The second kappa shape index (κ2) is 8.54. The lowest BCUT2D eigenvalue weighted by molar-refractivity contribution is -0.0956. The van der Waals surface area contributed by atoms with Crippen molar-refractivity contribution in [2.24, 2.45) is 5.92 Å². The summed E-state index contributed by atoms with van der Waals surface area (Å²) in [5.41, 5.74) is 1.60. The van der Waals surface area contributed by atoms with Crippen LogP contribution in [0.15, 0.2) is 54.6 Å². The first kappa shape index (κ1) is 18.7. The Kier molecular flexibility index (Phi) is 5.69. The molecule has 1 N–H and O–H groups in total. The number of para-hydroxylation sites is 1. The van der Waals surface area contributed by atoms with Crippen molar-refractivity contribution in [2.45, 2.75) is 19.1 Å². The highest BCUT2D eigenvalue weighted by Crippen LogP contribution is 2.27. The summed E-state index contributed by atoms with van der Waals surface area (Å²) in [5, 5.41) is 2.87. The summed E-state index contributed by atoms with van der Waals surface area (Å²) in [6.07, 6.45) is 1.58. The molecule has 28 heavy (non-hydrogen) atoms. The minimum absolute atomic E-state index is 0.0596. The van der Waals surface area contributed by atoms with Gasteiger partial charge in [-0.15, -0.1) is 0 Å². The monoisotopic (exact) mass is 380 g/mol. The molecule has 6 nitrogen and oxygen atoms in total. The fraction of sp³-hybridized carbons (Fsp3) is 0.364. The van der Waals surface area contributed by atoms with Gasteiger partial charge in [-0.2, -0.15) is 0 Å². The van der Waals surface area contributed by atoms with Crippen LogP contribution in [0.2, 0.25) is 0 Å². The van der Waals surface area contributed by atoms with Crippen LogP contribution in [0.4, 0.5) is 5.69 Å². The molecule has 0 atom stereocenters. The molecule has 2 aliphatic heterocycles. The number of amides is 2. The van der Waals surface area contributed by atoms with E-state index in [4.69, 9.17) is 9.47 Å². The van der Waals surface area contributed by atoms with Crippen molar-refractivity contribution in [1.82, 2.24) is 4.90 Å². The summed E-state index contributed by atoms with van der Waals surface area (Å²) < 4.78 is 11.2. The maximum Gasteiger partial charge on any atom is 0.255 e. The highest BCUT2D eigenvalue weighted by atomic mass is 16.7. The Balaban J connectivity index is 1.43. The van der Waals surface area contributed by atoms with Crippen LogP contribution >= 0.6 is 0 Å². The molecule has 0 spiro atoms.